The minimum Gasteiger partial charge on any atom is -0.492 e. The minimum absolute atomic E-state index is 0.0906. The molecule has 1 atom stereocenters. The number of hydrogen-bond donors (Lipinski definition) is 1. The summed E-state index contributed by atoms with van der Waals surface area (Å²) in [5.41, 5.74) is 1.91. The van der Waals surface area contributed by atoms with Gasteiger partial charge < -0.3 is 15.0 Å². The molecule has 2 aromatic carbocycles. The Morgan fingerprint density at radius 2 is 1.64 bits per heavy atom. The number of amides is 1. The number of halogens is 1. The maximum atomic E-state index is 12.8. The smallest absolute Gasteiger partial charge is 0.227 e. The van der Waals surface area contributed by atoms with E-state index in [-0.39, 0.29) is 23.5 Å². The zero-order valence-electron chi connectivity index (χ0n) is 21.0. The average Bonchev–Trinajstić information content (AvgIpc) is 2.92. The zero-order chi connectivity index (χ0) is 24.9. The first kappa shape index (κ1) is 25.3. The van der Waals surface area contributed by atoms with Crippen molar-refractivity contribution in [1.29, 1.82) is 0 Å². The van der Waals surface area contributed by atoms with Gasteiger partial charge in [-0.1, -0.05) is 29.8 Å². The van der Waals surface area contributed by atoms with E-state index in [1.807, 2.05) is 30.3 Å². The van der Waals surface area contributed by atoms with Crippen LogP contribution in [0.15, 0.2) is 48.5 Å². The van der Waals surface area contributed by atoms with Gasteiger partial charge in [-0.15, -0.1) is 0 Å². The predicted molar refractivity (Wildman–Crippen MR) is 143 cm³/mol. The molecule has 0 spiro atoms. The highest BCUT2D eigenvalue weighted by Crippen LogP contribution is 2.30. The van der Waals surface area contributed by atoms with Crippen molar-refractivity contribution >= 4 is 23.3 Å². The molecule has 1 saturated carbocycles. The Balaban J connectivity index is 0.986. The molecule has 192 valence electrons. The highest BCUT2D eigenvalue weighted by atomic mass is 35.5. The van der Waals surface area contributed by atoms with Gasteiger partial charge in [0.2, 0.25) is 5.91 Å². The van der Waals surface area contributed by atoms with E-state index < -0.39 is 0 Å². The van der Waals surface area contributed by atoms with Crippen LogP contribution < -0.4 is 10.1 Å². The summed E-state index contributed by atoms with van der Waals surface area (Å²) < 4.78 is 5.81. The minimum atomic E-state index is -0.0906. The number of nitrogens with zero attached hydrogens (tertiary/aromatic N) is 1. The number of carbonyl (C=O) groups excluding carboxylic acids is 2. The van der Waals surface area contributed by atoms with E-state index in [9.17, 15) is 9.59 Å². The Bertz CT molecular complexity index is 1040. The average molecular weight is 509 g/mol. The molecule has 3 aliphatic rings. The fourth-order valence-electron chi connectivity index (χ4n) is 6.04. The lowest BCUT2D eigenvalue weighted by Crippen LogP contribution is -2.44. The molecule has 2 heterocycles. The monoisotopic (exact) mass is 508 g/mol. The van der Waals surface area contributed by atoms with Gasteiger partial charge in [-0.2, -0.15) is 0 Å². The normalized spacial score (nSPS) is 25.0. The Morgan fingerprint density at radius 1 is 0.917 bits per heavy atom. The maximum Gasteiger partial charge on any atom is 0.227 e. The number of benzene rings is 2. The fraction of sp³-hybridized carbons (Fsp3) is 0.533. The summed E-state index contributed by atoms with van der Waals surface area (Å²) in [6.07, 6.45) is 8.35. The van der Waals surface area contributed by atoms with Crippen molar-refractivity contribution in [2.75, 3.05) is 26.2 Å². The standard InChI is InChI=1S/C30H37ClN2O3/c31-26-9-7-22(8-10-26)29(34)23-14-17-33(18-15-23)16-13-21-5-11-27(12-6-21)32-30(35)25-19-24-3-1-2-4-28(24)36-20-25/h1-4,7-10,21,23,25,27H,5-6,11-20H2,(H,32,35)/t21-,25?,27-. The quantitative estimate of drug-likeness (QED) is 0.498. The first-order valence-corrected chi connectivity index (χ1v) is 14.0. The van der Waals surface area contributed by atoms with E-state index in [0.29, 0.717) is 17.7 Å². The van der Waals surface area contributed by atoms with Crippen molar-refractivity contribution < 1.29 is 14.3 Å². The second-order valence-electron chi connectivity index (χ2n) is 10.8. The maximum absolute atomic E-state index is 12.8. The summed E-state index contributed by atoms with van der Waals surface area (Å²) in [6, 6.07) is 15.6. The molecule has 1 saturated heterocycles. The molecule has 1 aliphatic carbocycles. The summed E-state index contributed by atoms with van der Waals surface area (Å²) in [7, 11) is 0. The van der Waals surface area contributed by atoms with E-state index in [2.05, 4.69) is 16.3 Å². The molecule has 0 bridgehead atoms. The predicted octanol–water partition coefficient (Wildman–Crippen LogP) is 5.55. The number of ketones is 1. The van der Waals surface area contributed by atoms with E-state index >= 15 is 0 Å². The lowest BCUT2D eigenvalue weighted by Gasteiger charge is -2.34. The van der Waals surface area contributed by atoms with Gasteiger partial charge in [-0.05, 0) is 113 Å². The van der Waals surface area contributed by atoms with Crippen LogP contribution in [0.25, 0.3) is 0 Å². The number of para-hydroxylation sites is 1. The lowest BCUT2D eigenvalue weighted by molar-refractivity contribution is -0.127. The molecule has 6 heteroatoms. The van der Waals surface area contributed by atoms with Crippen molar-refractivity contribution in [3.63, 3.8) is 0 Å². The van der Waals surface area contributed by atoms with E-state index in [4.69, 9.17) is 16.3 Å². The van der Waals surface area contributed by atoms with Gasteiger partial charge in [0.15, 0.2) is 5.78 Å². The van der Waals surface area contributed by atoms with Gasteiger partial charge in [-0.25, -0.2) is 0 Å². The number of nitrogens with one attached hydrogen (secondary N) is 1. The summed E-state index contributed by atoms with van der Waals surface area (Å²) in [4.78, 5) is 28.2. The summed E-state index contributed by atoms with van der Waals surface area (Å²) in [6.45, 7) is 3.59. The molecule has 1 unspecified atom stereocenters. The Labute approximate surface area is 219 Å². The van der Waals surface area contributed by atoms with Crippen molar-refractivity contribution in [2.45, 2.75) is 57.4 Å². The molecule has 0 aromatic heterocycles. The van der Waals surface area contributed by atoms with Crippen LogP contribution in [-0.4, -0.2) is 48.9 Å². The third-order valence-electron chi connectivity index (χ3n) is 8.38. The number of ether oxygens (including phenoxy) is 1. The topological polar surface area (TPSA) is 58.6 Å². The summed E-state index contributed by atoms with van der Waals surface area (Å²) in [5.74, 6) is 2.09. The van der Waals surface area contributed by atoms with E-state index in [1.165, 1.54) is 19.3 Å². The number of likely N-dealkylation sites (tertiary alicyclic amines) is 1. The van der Waals surface area contributed by atoms with Crippen LogP contribution in [-0.2, 0) is 11.2 Å². The number of fused-ring (bicyclic) bond motifs is 1. The molecule has 5 rings (SSSR count). The van der Waals surface area contributed by atoms with Gasteiger partial charge >= 0.3 is 0 Å². The molecule has 0 radical (unpaired) electrons. The lowest BCUT2D eigenvalue weighted by atomic mass is 9.83. The van der Waals surface area contributed by atoms with Crippen LogP contribution in [0.1, 0.15) is 60.9 Å². The second-order valence-corrected chi connectivity index (χ2v) is 11.3. The van der Waals surface area contributed by atoms with E-state index in [0.717, 1.165) is 74.5 Å². The molecule has 2 fully saturated rings. The van der Waals surface area contributed by atoms with Gasteiger partial charge in [0.1, 0.15) is 12.4 Å². The molecule has 5 nitrogen and oxygen atoms in total. The Hall–Kier alpha value is -2.37. The molecule has 1 amide bonds. The van der Waals surface area contributed by atoms with Crippen molar-refractivity contribution in [3.8, 4) is 5.75 Å². The number of carbonyl (C=O) groups is 2. The first-order chi connectivity index (χ1) is 17.5. The van der Waals surface area contributed by atoms with Crippen LogP contribution >= 0.6 is 11.6 Å². The molecular weight excluding hydrogens is 472 g/mol. The SMILES string of the molecule is O=C(N[C@H]1CC[C@H](CCN2CCC(C(=O)c3ccc(Cl)cc3)CC2)CC1)C1COc2ccccc2C1. The third kappa shape index (κ3) is 6.30. The van der Waals surface area contributed by atoms with Gasteiger partial charge in [0.25, 0.3) is 0 Å². The van der Waals surface area contributed by atoms with Crippen LogP contribution in [0, 0.1) is 17.8 Å². The third-order valence-corrected chi connectivity index (χ3v) is 8.64. The molecule has 36 heavy (non-hydrogen) atoms. The number of piperidine rings is 1. The number of Topliss-reactive ketones (excluding diaryl/α,β-unsaturated/α-hetero) is 1. The molecule has 1 N–H and O–H groups in total. The Morgan fingerprint density at radius 3 is 2.39 bits per heavy atom. The molecular formula is C30H37ClN2O3. The van der Waals surface area contributed by atoms with Gasteiger partial charge in [0, 0.05) is 22.5 Å². The fourth-order valence-corrected chi connectivity index (χ4v) is 6.17. The van der Waals surface area contributed by atoms with E-state index in [1.54, 1.807) is 12.1 Å². The van der Waals surface area contributed by atoms with Gasteiger partial charge in [0.05, 0.1) is 5.92 Å². The van der Waals surface area contributed by atoms with Crippen molar-refractivity contribution in [1.82, 2.24) is 10.2 Å². The highest BCUT2D eigenvalue weighted by molar-refractivity contribution is 6.30. The van der Waals surface area contributed by atoms with Crippen molar-refractivity contribution in [3.05, 3.63) is 64.7 Å². The van der Waals surface area contributed by atoms with Crippen LogP contribution in [0.2, 0.25) is 5.02 Å². The largest absolute Gasteiger partial charge is 0.492 e. The van der Waals surface area contributed by atoms with Crippen molar-refractivity contribution in [2.24, 2.45) is 17.8 Å². The molecule has 2 aromatic rings. The van der Waals surface area contributed by atoms with Crippen LogP contribution in [0.5, 0.6) is 5.75 Å². The Kier molecular flexibility index (Phi) is 8.28. The zero-order valence-corrected chi connectivity index (χ0v) is 21.7. The summed E-state index contributed by atoms with van der Waals surface area (Å²) >= 11 is 5.96. The highest BCUT2D eigenvalue weighted by Gasteiger charge is 2.30. The summed E-state index contributed by atoms with van der Waals surface area (Å²) in [5, 5.41) is 3.98. The van der Waals surface area contributed by atoms with Crippen LogP contribution in [0.4, 0.5) is 0 Å². The first-order valence-electron chi connectivity index (χ1n) is 13.6. The molecule has 2 aliphatic heterocycles. The number of rotatable bonds is 7. The van der Waals surface area contributed by atoms with Crippen LogP contribution in [0.3, 0.4) is 0 Å². The number of hydrogen-bond acceptors (Lipinski definition) is 4. The second kappa shape index (κ2) is 11.8. The van der Waals surface area contributed by atoms with Gasteiger partial charge in [-0.3, -0.25) is 9.59 Å².